The molecule has 4 nitrogen and oxygen atoms in total. The van der Waals surface area contributed by atoms with Crippen molar-refractivity contribution in [2.24, 2.45) is 0 Å². The predicted octanol–water partition coefficient (Wildman–Crippen LogP) is 3.59. The number of nitrogens with two attached hydrogens (primary N) is 1. The van der Waals surface area contributed by atoms with E-state index >= 15 is 0 Å². The van der Waals surface area contributed by atoms with Gasteiger partial charge in [-0.15, -0.1) is 0 Å². The van der Waals surface area contributed by atoms with Crippen molar-refractivity contribution in [3.05, 3.63) is 47.0 Å². The van der Waals surface area contributed by atoms with Crippen LogP contribution in [-0.2, 0) is 0 Å². The van der Waals surface area contributed by atoms with Gasteiger partial charge in [-0.05, 0) is 30.3 Å². The average Bonchev–Trinajstić information content (AvgIpc) is 2.42. The first kappa shape index (κ1) is 13.1. The summed E-state index contributed by atoms with van der Waals surface area (Å²) >= 11 is 5.87. The molecular formula is C14H11ClN2O2. The first-order valence-corrected chi connectivity index (χ1v) is 5.83. The van der Waals surface area contributed by atoms with Crippen molar-refractivity contribution in [1.82, 2.24) is 0 Å². The second kappa shape index (κ2) is 5.51. The Morgan fingerprint density at radius 1 is 1.11 bits per heavy atom. The van der Waals surface area contributed by atoms with Gasteiger partial charge >= 0.3 is 0 Å². The molecule has 0 aliphatic carbocycles. The molecule has 0 bridgehead atoms. The van der Waals surface area contributed by atoms with Crippen molar-refractivity contribution in [3.63, 3.8) is 0 Å². The smallest absolute Gasteiger partial charge is 0.169 e. The molecule has 2 aromatic rings. The number of halogens is 1. The first-order chi connectivity index (χ1) is 9.13. The van der Waals surface area contributed by atoms with E-state index in [2.05, 4.69) is 0 Å². The summed E-state index contributed by atoms with van der Waals surface area (Å²) in [4.78, 5) is 0. The average molecular weight is 275 g/mol. The number of hydrogen-bond acceptors (Lipinski definition) is 4. The van der Waals surface area contributed by atoms with Crippen LogP contribution < -0.4 is 15.2 Å². The summed E-state index contributed by atoms with van der Waals surface area (Å²) in [7, 11) is 1.52. The number of methoxy groups -OCH3 is 1. The highest BCUT2D eigenvalue weighted by Crippen LogP contribution is 2.35. The monoisotopic (exact) mass is 274 g/mol. The van der Waals surface area contributed by atoms with Gasteiger partial charge in [0.25, 0.3) is 0 Å². The summed E-state index contributed by atoms with van der Waals surface area (Å²) in [6.45, 7) is 0. The Hall–Kier alpha value is -2.38. The molecule has 0 spiro atoms. The minimum absolute atomic E-state index is 0.358. The molecule has 0 unspecified atom stereocenters. The third-order valence-corrected chi connectivity index (χ3v) is 2.70. The maximum Gasteiger partial charge on any atom is 0.169 e. The van der Waals surface area contributed by atoms with Crippen molar-refractivity contribution in [2.75, 3.05) is 12.8 Å². The van der Waals surface area contributed by atoms with Gasteiger partial charge in [-0.2, -0.15) is 5.26 Å². The summed E-state index contributed by atoms with van der Waals surface area (Å²) in [5.74, 6) is 1.39. The highest BCUT2D eigenvalue weighted by Gasteiger charge is 2.10. The van der Waals surface area contributed by atoms with E-state index in [4.69, 9.17) is 32.1 Å². The highest BCUT2D eigenvalue weighted by atomic mass is 35.5. The molecule has 0 radical (unpaired) electrons. The molecule has 0 saturated carbocycles. The Balaban J connectivity index is 2.39. The number of anilines is 1. The number of benzene rings is 2. The number of ether oxygens (including phenoxy) is 2. The molecule has 0 saturated heterocycles. The van der Waals surface area contributed by atoms with Crippen LogP contribution in [0, 0.1) is 11.3 Å². The van der Waals surface area contributed by atoms with Gasteiger partial charge in [0, 0.05) is 16.8 Å². The standard InChI is InChI=1S/C14H11ClN2O2/c1-18-14-7-10(15)2-4-13(14)19-12-5-3-11(17)6-9(12)8-16/h2-7H,17H2,1H3. The molecule has 0 heterocycles. The third-order valence-electron chi connectivity index (χ3n) is 2.47. The van der Waals surface area contributed by atoms with Crippen molar-refractivity contribution in [2.45, 2.75) is 0 Å². The molecule has 19 heavy (non-hydrogen) atoms. The molecule has 5 heteroatoms. The molecule has 2 aromatic carbocycles. The molecule has 2 rings (SSSR count). The Kier molecular flexibility index (Phi) is 3.79. The molecule has 0 aliphatic heterocycles. The molecule has 0 fully saturated rings. The van der Waals surface area contributed by atoms with Crippen LogP contribution in [0.15, 0.2) is 36.4 Å². The SMILES string of the molecule is COc1cc(Cl)ccc1Oc1ccc(N)cc1C#N. The first-order valence-electron chi connectivity index (χ1n) is 5.45. The largest absolute Gasteiger partial charge is 0.493 e. The Morgan fingerprint density at radius 3 is 2.53 bits per heavy atom. The lowest BCUT2D eigenvalue weighted by atomic mass is 10.2. The van der Waals surface area contributed by atoms with Gasteiger partial charge in [-0.25, -0.2) is 0 Å². The van der Waals surface area contributed by atoms with E-state index in [0.29, 0.717) is 33.5 Å². The zero-order valence-electron chi connectivity index (χ0n) is 10.2. The lowest BCUT2D eigenvalue weighted by Gasteiger charge is -2.11. The van der Waals surface area contributed by atoms with Gasteiger partial charge in [0.15, 0.2) is 11.5 Å². The number of nitrogens with zero attached hydrogens (tertiary/aromatic N) is 1. The van der Waals surface area contributed by atoms with Crippen LogP contribution in [-0.4, -0.2) is 7.11 Å². The Bertz CT molecular complexity index is 650. The van der Waals surface area contributed by atoms with Crippen molar-refractivity contribution >= 4 is 17.3 Å². The van der Waals surface area contributed by atoms with Crippen LogP contribution in [0.1, 0.15) is 5.56 Å². The summed E-state index contributed by atoms with van der Waals surface area (Å²) in [6.07, 6.45) is 0. The normalized spacial score (nSPS) is 9.74. The fraction of sp³-hybridized carbons (Fsp3) is 0.0714. The zero-order valence-corrected chi connectivity index (χ0v) is 10.9. The van der Waals surface area contributed by atoms with Crippen LogP contribution in [0.5, 0.6) is 17.2 Å². The summed E-state index contributed by atoms with van der Waals surface area (Å²) in [5, 5.41) is 9.60. The third kappa shape index (κ3) is 2.90. The van der Waals surface area contributed by atoms with Crippen LogP contribution >= 0.6 is 11.6 Å². The molecule has 0 aliphatic rings. The molecular weight excluding hydrogens is 264 g/mol. The van der Waals surface area contributed by atoms with Crippen molar-refractivity contribution in [3.8, 4) is 23.3 Å². The van der Waals surface area contributed by atoms with Crippen molar-refractivity contribution in [1.29, 1.82) is 5.26 Å². The van der Waals surface area contributed by atoms with E-state index in [-0.39, 0.29) is 0 Å². The van der Waals surface area contributed by atoms with Gasteiger partial charge in [0.2, 0.25) is 0 Å². The van der Waals surface area contributed by atoms with Crippen LogP contribution in [0.25, 0.3) is 0 Å². The molecule has 0 amide bonds. The molecule has 96 valence electrons. The fourth-order valence-electron chi connectivity index (χ4n) is 1.57. The highest BCUT2D eigenvalue weighted by molar-refractivity contribution is 6.30. The minimum Gasteiger partial charge on any atom is -0.493 e. The second-order valence-electron chi connectivity index (χ2n) is 3.76. The maximum absolute atomic E-state index is 9.05. The van der Waals surface area contributed by atoms with Crippen LogP contribution in [0.4, 0.5) is 5.69 Å². The zero-order chi connectivity index (χ0) is 13.8. The van der Waals surface area contributed by atoms with Gasteiger partial charge in [0.05, 0.1) is 12.7 Å². The summed E-state index contributed by atoms with van der Waals surface area (Å²) in [5.41, 5.74) is 6.49. The number of rotatable bonds is 3. The number of nitriles is 1. The van der Waals surface area contributed by atoms with Gasteiger partial charge < -0.3 is 15.2 Å². The van der Waals surface area contributed by atoms with E-state index in [1.165, 1.54) is 7.11 Å². The summed E-state index contributed by atoms with van der Waals surface area (Å²) in [6, 6.07) is 11.9. The van der Waals surface area contributed by atoms with Gasteiger partial charge in [-0.3, -0.25) is 0 Å². The Morgan fingerprint density at radius 2 is 1.84 bits per heavy atom. The van der Waals surface area contributed by atoms with Crippen LogP contribution in [0.3, 0.4) is 0 Å². The Labute approximate surface area is 115 Å². The lowest BCUT2D eigenvalue weighted by molar-refractivity contribution is 0.378. The topological polar surface area (TPSA) is 68.3 Å². The van der Waals surface area contributed by atoms with Crippen LogP contribution in [0.2, 0.25) is 5.02 Å². The minimum atomic E-state index is 0.358. The van der Waals surface area contributed by atoms with Gasteiger partial charge in [-0.1, -0.05) is 11.6 Å². The number of hydrogen-bond donors (Lipinski definition) is 1. The van der Waals surface area contributed by atoms with E-state index in [1.807, 2.05) is 6.07 Å². The van der Waals surface area contributed by atoms with Crippen molar-refractivity contribution < 1.29 is 9.47 Å². The molecule has 2 N–H and O–H groups in total. The fourth-order valence-corrected chi connectivity index (χ4v) is 1.73. The van der Waals surface area contributed by atoms with E-state index in [9.17, 15) is 0 Å². The maximum atomic E-state index is 9.05. The summed E-state index contributed by atoms with van der Waals surface area (Å²) < 4.78 is 10.8. The molecule has 0 atom stereocenters. The van der Waals surface area contributed by atoms with Gasteiger partial charge in [0.1, 0.15) is 11.8 Å². The predicted molar refractivity (Wildman–Crippen MR) is 73.6 cm³/mol. The quantitative estimate of drug-likeness (QED) is 0.869. The van der Waals surface area contributed by atoms with E-state index in [1.54, 1.807) is 36.4 Å². The number of nitrogen functional groups attached to an aromatic ring is 1. The van der Waals surface area contributed by atoms with E-state index in [0.717, 1.165) is 0 Å². The second-order valence-corrected chi connectivity index (χ2v) is 4.20. The molecule has 0 aromatic heterocycles. The lowest BCUT2D eigenvalue weighted by Crippen LogP contribution is -1.94. The van der Waals surface area contributed by atoms with E-state index < -0.39 is 0 Å².